The van der Waals surface area contributed by atoms with Gasteiger partial charge in [0.1, 0.15) is 0 Å². The summed E-state index contributed by atoms with van der Waals surface area (Å²) in [7, 11) is 1.77. The fourth-order valence-electron chi connectivity index (χ4n) is 3.28. The maximum Gasteiger partial charge on any atom is 0.276 e. The molecule has 0 aliphatic heterocycles. The molecule has 4 rings (SSSR count). The summed E-state index contributed by atoms with van der Waals surface area (Å²) in [6.07, 6.45) is 5.27. The molecule has 0 fully saturated rings. The summed E-state index contributed by atoms with van der Waals surface area (Å²) in [5.74, 6) is -0.347. The van der Waals surface area contributed by atoms with Gasteiger partial charge in [0.25, 0.3) is 5.91 Å². The number of nitrogens with zero attached hydrogens (tertiary/aromatic N) is 6. The number of hydrogen-bond acceptors (Lipinski definition) is 6. The van der Waals surface area contributed by atoms with Gasteiger partial charge in [-0.15, -0.1) is 5.10 Å². The van der Waals surface area contributed by atoms with Crippen LogP contribution in [-0.4, -0.2) is 47.4 Å². The van der Waals surface area contributed by atoms with Gasteiger partial charge in [-0.1, -0.05) is 17.3 Å². The Morgan fingerprint density at radius 2 is 2.17 bits per heavy atom. The van der Waals surface area contributed by atoms with Crippen LogP contribution >= 0.6 is 0 Å². The highest BCUT2D eigenvalue weighted by Gasteiger charge is 2.24. The second-order valence-electron chi connectivity index (χ2n) is 6.79. The smallest absolute Gasteiger partial charge is 0.276 e. The molecule has 3 heterocycles. The molecule has 1 amide bonds. The van der Waals surface area contributed by atoms with Gasteiger partial charge in [0.05, 0.1) is 29.1 Å². The molecule has 9 nitrogen and oxygen atoms in total. The number of carbonyl (C=O) groups excluding carboxylic acids is 1. The van der Waals surface area contributed by atoms with E-state index in [0.29, 0.717) is 17.1 Å². The van der Waals surface area contributed by atoms with E-state index < -0.39 is 0 Å². The van der Waals surface area contributed by atoms with Crippen molar-refractivity contribution in [2.45, 2.75) is 19.4 Å². The van der Waals surface area contributed by atoms with Crippen molar-refractivity contribution < 1.29 is 9.90 Å². The molecule has 1 aromatic carbocycles. The Morgan fingerprint density at radius 3 is 2.93 bits per heavy atom. The SMILES string of the molecule is C[C@H](c1ccc2ncccc2c1)n1nnc(CCO)c1C(=O)Nc1cnn(C)c1. The molecule has 148 valence electrons. The zero-order chi connectivity index (χ0) is 20.4. The third-order valence-electron chi connectivity index (χ3n) is 4.77. The second-order valence-corrected chi connectivity index (χ2v) is 6.79. The molecule has 0 spiro atoms. The minimum atomic E-state index is -0.347. The van der Waals surface area contributed by atoms with Crippen LogP contribution in [0.3, 0.4) is 0 Å². The Hall–Kier alpha value is -3.59. The fourth-order valence-corrected chi connectivity index (χ4v) is 3.28. The number of anilines is 1. The van der Waals surface area contributed by atoms with Crippen LogP contribution in [0.25, 0.3) is 10.9 Å². The number of rotatable bonds is 6. The number of benzene rings is 1. The topological polar surface area (TPSA) is 111 Å². The first-order chi connectivity index (χ1) is 14.1. The molecule has 0 aliphatic rings. The summed E-state index contributed by atoms with van der Waals surface area (Å²) in [5.41, 5.74) is 3.22. The van der Waals surface area contributed by atoms with Crippen molar-refractivity contribution in [3.05, 3.63) is 65.9 Å². The molecule has 0 bridgehead atoms. The third-order valence-corrected chi connectivity index (χ3v) is 4.77. The van der Waals surface area contributed by atoms with Crippen LogP contribution in [-0.2, 0) is 13.5 Å². The van der Waals surface area contributed by atoms with Gasteiger partial charge < -0.3 is 10.4 Å². The highest BCUT2D eigenvalue weighted by Crippen LogP contribution is 2.24. The quantitative estimate of drug-likeness (QED) is 0.520. The average molecular weight is 391 g/mol. The van der Waals surface area contributed by atoms with Crippen LogP contribution in [0.2, 0.25) is 0 Å². The van der Waals surface area contributed by atoms with E-state index in [4.69, 9.17) is 0 Å². The van der Waals surface area contributed by atoms with E-state index in [9.17, 15) is 9.90 Å². The summed E-state index contributed by atoms with van der Waals surface area (Å²) in [6.45, 7) is 1.83. The number of amides is 1. The first-order valence-corrected chi connectivity index (χ1v) is 9.26. The van der Waals surface area contributed by atoms with Gasteiger partial charge in [-0.25, -0.2) is 4.68 Å². The van der Waals surface area contributed by atoms with Gasteiger partial charge in [0.2, 0.25) is 0 Å². The van der Waals surface area contributed by atoms with E-state index in [1.807, 2.05) is 37.3 Å². The van der Waals surface area contributed by atoms with Crippen LogP contribution in [0.1, 0.15) is 34.7 Å². The Bertz CT molecular complexity index is 1160. The van der Waals surface area contributed by atoms with Crippen molar-refractivity contribution in [3.63, 3.8) is 0 Å². The van der Waals surface area contributed by atoms with Crippen molar-refractivity contribution in [1.82, 2.24) is 29.8 Å². The largest absolute Gasteiger partial charge is 0.396 e. The minimum Gasteiger partial charge on any atom is -0.396 e. The van der Waals surface area contributed by atoms with Crippen LogP contribution in [0.5, 0.6) is 0 Å². The van der Waals surface area contributed by atoms with E-state index in [-0.39, 0.29) is 25.0 Å². The number of aliphatic hydroxyl groups excluding tert-OH is 1. The molecule has 2 N–H and O–H groups in total. The van der Waals surface area contributed by atoms with Crippen molar-refractivity contribution in [3.8, 4) is 0 Å². The van der Waals surface area contributed by atoms with E-state index in [0.717, 1.165) is 16.5 Å². The third kappa shape index (κ3) is 3.72. The van der Waals surface area contributed by atoms with E-state index >= 15 is 0 Å². The van der Waals surface area contributed by atoms with E-state index in [1.54, 1.807) is 35.0 Å². The maximum atomic E-state index is 13.0. The standard InChI is InChI=1S/C20H21N7O2/c1-13(14-5-6-17-15(10-14)4-3-8-21-17)27-19(18(7-9-28)24-25-27)20(29)23-16-11-22-26(2)12-16/h3-6,8,10-13,28H,7,9H2,1-2H3,(H,23,29)/t13-/m1/s1. The number of pyridine rings is 1. The van der Waals surface area contributed by atoms with E-state index in [1.165, 1.54) is 0 Å². The number of fused-ring (bicyclic) bond motifs is 1. The summed E-state index contributed by atoms with van der Waals surface area (Å²) >= 11 is 0. The maximum absolute atomic E-state index is 13.0. The molecular weight excluding hydrogens is 370 g/mol. The van der Waals surface area contributed by atoms with Gasteiger partial charge in [0.15, 0.2) is 5.69 Å². The Balaban J connectivity index is 1.71. The number of nitrogens with one attached hydrogen (secondary N) is 1. The molecule has 0 saturated heterocycles. The Labute approximate surface area is 167 Å². The fraction of sp³-hybridized carbons (Fsp3) is 0.250. The molecule has 0 saturated carbocycles. The molecule has 29 heavy (non-hydrogen) atoms. The minimum absolute atomic E-state index is 0.123. The highest BCUT2D eigenvalue weighted by molar-refractivity contribution is 6.03. The van der Waals surface area contributed by atoms with E-state index in [2.05, 4.69) is 25.7 Å². The summed E-state index contributed by atoms with van der Waals surface area (Å²) < 4.78 is 3.19. The summed E-state index contributed by atoms with van der Waals surface area (Å²) in [6, 6.07) is 9.58. The highest BCUT2D eigenvalue weighted by atomic mass is 16.3. The monoisotopic (exact) mass is 391 g/mol. The van der Waals surface area contributed by atoms with Gasteiger partial charge >= 0.3 is 0 Å². The average Bonchev–Trinajstić information content (AvgIpc) is 3.33. The number of aryl methyl sites for hydroxylation is 1. The van der Waals surface area contributed by atoms with Gasteiger partial charge in [-0.3, -0.25) is 14.5 Å². The summed E-state index contributed by atoms with van der Waals surface area (Å²) in [4.78, 5) is 17.4. The lowest BCUT2D eigenvalue weighted by Crippen LogP contribution is -2.22. The number of aromatic nitrogens is 6. The molecule has 9 heteroatoms. The Morgan fingerprint density at radius 1 is 1.31 bits per heavy atom. The van der Waals surface area contributed by atoms with Crippen LogP contribution in [0.4, 0.5) is 5.69 Å². The van der Waals surface area contributed by atoms with Crippen molar-refractivity contribution >= 4 is 22.5 Å². The first-order valence-electron chi connectivity index (χ1n) is 9.26. The lowest BCUT2D eigenvalue weighted by Gasteiger charge is -2.16. The normalized spacial score (nSPS) is 12.2. The van der Waals surface area contributed by atoms with Crippen molar-refractivity contribution in [2.75, 3.05) is 11.9 Å². The second kappa shape index (κ2) is 7.80. The first kappa shape index (κ1) is 18.8. The molecular formula is C20H21N7O2. The van der Waals surface area contributed by atoms with Crippen molar-refractivity contribution in [2.24, 2.45) is 7.05 Å². The lowest BCUT2D eigenvalue weighted by atomic mass is 10.0. The zero-order valence-electron chi connectivity index (χ0n) is 16.1. The zero-order valence-corrected chi connectivity index (χ0v) is 16.1. The van der Waals surface area contributed by atoms with Gasteiger partial charge in [-0.05, 0) is 30.7 Å². The lowest BCUT2D eigenvalue weighted by molar-refractivity contribution is 0.101. The molecule has 0 aliphatic carbocycles. The summed E-state index contributed by atoms with van der Waals surface area (Å²) in [5, 5.41) is 25.6. The number of aliphatic hydroxyl groups is 1. The van der Waals surface area contributed by atoms with Crippen LogP contribution in [0, 0.1) is 0 Å². The molecule has 3 aromatic heterocycles. The van der Waals surface area contributed by atoms with Gasteiger partial charge in [-0.2, -0.15) is 5.10 Å². The van der Waals surface area contributed by atoms with Crippen LogP contribution in [0.15, 0.2) is 48.9 Å². The van der Waals surface area contributed by atoms with Gasteiger partial charge in [0, 0.05) is 37.9 Å². The predicted octanol–water partition coefficient (Wildman–Crippen LogP) is 1.96. The number of carbonyl (C=O) groups is 1. The number of hydrogen-bond donors (Lipinski definition) is 2. The molecule has 0 radical (unpaired) electrons. The Kier molecular flexibility index (Phi) is 5.05. The van der Waals surface area contributed by atoms with Crippen LogP contribution < -0.4 is 5.32 Å². The molecule has 0 unspecified atom stereocenters. The molecule has 4 aromatic rings. The molecule has 1 atom stereocenters. The van der Waals surface area contributed by atoms with Crippen molar-refractivity contribution in [1.29, 1.82) is 0 Å². The predicted molar refractivity (Wildman–Crippen MR) is 108 cm³/mol.